The molecule has 0 unspecified atom stereocenters. The molecular formula is C10H17N3O3S. The minimum absolute atomic E-state index is 0.114. The van der Waals surface area contributed by atoms with Gasteiger partial charge in [-0.25, -0.2) is 18.1 Å². The molecule has 1 aromatic heterocycles. The lowest BCUT2D eigenvalue weighted by Gasteiger charge is -2.06. The van der Waals surface area contributed by atoms with Crippen LogP contribution in [0.15, 0.2) is 23.2 Å². The van der Waals surface area contributed by atoms with Crippen molar-refractivity contribution in [3.63, 3.8) is 0 Å². The number of hydrogen-bond acceptors (Lipinski definition) is 5. The largest absolute Gasteiger partial charge is 0.384 e. The van der Waals surface area contributed by atoms with Crippen LogP contribution in [-0.4, -0.2) is 33.2 Å². The molecule has 1 aromatic rings. The molecular weight excluding hydrogens is 242 g/mol. The number of anilines is 1. The predicted octanol–water partition coefficient (Wildman–Crippen LogP) is 0.369. The van der Waals surface area contributed by atoms with E-state index in [4.69, 9.17) is 10.5 Å². The quantitative estimate of drug-likeness (QED) is 0.690. The number of nitrogens with one attached hydrogen (secondary N) is 1. The molecule has 17 heavy (non-hydrogen) atoms. The molecule has 0 aliphatic rings. The van der Waals surface area contributed by atoms with Gasteiger partial charge in [-0.3, -0.25) is 0 Å². The number of nitrogen functional groups attached to an aromatic ring is 1. The third-order valence-electron chi connectivity index (χ3n) is 2.03. The van der Waals surface area contributed by atoms with Crippen LogP contribution in [0.5, 0.6) is 0 Å². The minimum atomic E-state index is -3.49. The second kappa shape index (κ2) is 6.53. The van der Waals surface area contributed by atoms with E-state index in [0.29, 0.717) is 32.0 Å². The van der Waals surface area contributed by atoms with Gasteiger partial charge in [-0.05, 0) is 25.5 Å². The van der Waals surface area contributed by atoms with Crippen molar-refractivity contribution < 1.29 is 13.2 Å². The molecule has 3 N–H and O–H groups in total. The molecule has 0 aromatic carbocycles. The topological polar surface area (TPSA) is 94.3 Å². The Labute approximate surface area is 101 Å². The first-order valence-corrected chi connectivity index (χ1v) is 6.83. The maximum atomic E-state index is 11.7. The molecule has 0 saturated carbocycles. The van der Waals surface area contributed by atoms with Crippen LogP contribution < -0.4 is 10.5 Å². The van der Waals surface area contributed by atoms with Gasteiger partial charge in [0.25, 0.3) is 0 Å². The minimum Gasteiger partial charge on any atom is -0.384 e. The van der Waals surface area contributed by atoms with Crippen LogP contribution in [0.2, 0.25) is 0 Å². The summed E-state index contributed by atoms with van der Waals surface area (Å²) in [5.74, 6) is 0.292. The number of aromatic nitrogens is 1. The summed E-state index contributed by atoms with van der Waals surface area (Å²) >= 11 is 0. The molecule has 0 atom stereocenters. The van der Waals surface area contributed by atoms with Crippen LogP contribution in [0.25, 0.3) is 0 Å². The molecule has 7 heteroatoms. The van der Waals surface area contributed by atoms with Crippen LogP contribution >= 0.6 is 0 Å². The second-order valence-electron chi connectivity index (χ2n) is 3.37. The van der Waals surface area contributed by atoms with Crippen molar-refractivity contribution in [1.82, 2.24) is 9.71 Å². The fourth-order valence-electron chi connectivity index (χ4n) is 1.16. The Bertz CT molecular complexity index is 431. The zero-order valence-corrected chi connectivity index (χ0v) is 10.5. The molecule has 96 valence electrons. The number of sulfonamides is 1. The van der Waals surface area contributed by atoms with Crippen molar-refractivity contribution in [2.24, 2.45) is 0 Å². The molecule has 0 aliphatic heterocycles. The summed E-state index contributed by atoms with van der Waals surface area (Å²) in [6.45, 7) is 3.41. The van der Waals surface area contributed by atoms with Gasteiger partial charge in [0.05, 0.1) is 0 Å². The van der Waals surface area contributed by atoms with Crippen molar-refractivity contribution in [3.8, 4) is 0 Å². The van der Waals surface area contributed by atoms with Gasteiger partial charge in [0.1, 0.15) is 10.7 Å². The summed E-state index contributed by atoms with van der Waals surface area (Å²) in [5.41, 5.74) is 5.38. The van der Waals surface area contributed by atoms with E-state index in [2.05, 4.69) is 9.71 Å². The average molecular weight is 259 g/mol. The zero-order valence-electron chi connectivity index (χ0n) is 9.72. The lowest BCUT2D eigenvalue weighted by Crippen LogP contribution is -2.25. The first-order chi connectivity index (χ1) is 8.06. The highest BCUT2D eigenvalue weighted by Crippen LogP contribution is 2.08. The Kier molecular flexibility index (Phi) is 5.33. The van der Waals surface area contributed by atoms with E-state index in [1.807, 2.05) is 6.92 Å². The average Bonchev–Trinajstić information content (AvgIpc) is 2.29. The summed E-state index contributed by atoms with van der Waals surface area (Å²) in [4.78, 5) is 3.85. The first-order valence-electron chi connectivity index (χ1n) is 5.35. The van der Waals surface area contributed by atoms with E-state index in [1.54, 1.807) is 0 Å². The third kappa shape index (κ3) is 4.68. The molecule has 0 aliphatic carbocycles. The van der Waals surface area contributed by atoms with Crippen LogP contribution in [-0.2, 0) is 14.8 Å². The van der Waals surface area contributed by atoms with E-state index in [9.17, 15) is 8.42 Å². The fourth-order valence-corrected chi connectivity index (χ4v) is 2.18. The number of nitrogens with zero attached hydrogens (tertiary/aromatic N) is 1. The SMILES string of the molecule is CCOCCCNS(=O)(=O)c1ccc(N)nc1. The van der Waals surface area contributed by atoms with Crippen molar-refractivity contribution in [2.45, 2.75) is 18.2 Å². The summed E-state index contributed by atoms with van der Waals surface area (Å²) < 4.78 is 31.1. The van der Waals surface area contributed by atoms with Gasteiger partial charge in [-0.1, -0.05) is 0 Å². The molecule has 1 rings (SSSR count). The van der Waals surface area contributed by atoms with Crippen molar-refractivity contribution in [2.75, 3.05) is 25.5 Å². The molecule has 0 bridgehead atoms. The van der Waals surface area contributed by atoms with Crippen molar-refractivity contribution in [3.05, 3.63) is 18.3 Å². The van der Waals surface area contributed by atoms with Crippen LogP contribution in [0.1, 0.15) is 13.3 Å². The molecule has 0 fully saturated rings. The summed E-state index contributed by atoms with van der Waals surface area (Å²) in [7, 11) is -3.49. The molecule has 0 saturated heterocycles. The van der Waals surface area contributed by atoms with Crippen molar-refractivity contribution >= 4 is 15.8 Å². The lowest BCUT2D eigenvalue weighted by atomic mass is 10.5. The smallest absolute Gasteiger partial charge is 0.242 e. The Hall–Kier alpha value is -1.18. The summed E-state index contributed by atoms with van der Waals surface area (Å²) in [6.07, 6.45) is 1.87. The van der Waals surface area contributed by atoms with E-state index in [-0.39, 0.29) is 4.90 Å². The van der Waals surface area contributed by atoms with Gasteiger partial charge in [0, 0.05) is 26.0 Å². The summed E-state index contributed by atoms with van der Waals surface area (Å²) in [5, 5.41) is 0. The van der Waals surface area contributed by atoms with Gasteiger partial charge in [0.2, 0.25) is 10.0 Å². The highest BCUT2D eigenvalue weighted by Gasteiger charge is 2.13. The van der Waals surface area contributed by atoms with Gasteiger partial charge in [-0.2, -0.15) is 0 Å². The lowest BCUT2D eigenvalue weighted by molar-refractivity contribution is 0.146. The Morgan fingerprint density at radius 2 is 2.24 bits per heavy atom. The highest BCUT2D eigenvalue weighted by atomic mass is 32.2. The summed E-state index contributed by atoms with van der Waals surface area (Å²) in [6, 6.07) is 2.88. The Balaban J connectivity index is 2.48. The number of nitrogens with two attached hydrogens (primary N) is 1. The van der Waals surface area contributed by atoms with Gasteiger partial charge < -0.3 is 10.5 Å². The number of pyridine rings is 1. The van der Waals surface area contributed by atoms with E-state index in [0.717, 1.165) is 0 Å². The van der Waals surface area contributed by atoms with Gasteiger partial charge >= 0.3 is 0 Å². The van der Waals surface area contributed by atoms with Crippen LogP contribution in [0.4, 0.5) is 5.82 Å². The first kappa shape index (κ1) is 13.9. The normalized spacial score (nSPS) is 11.6. The molecule has 6 nitrogen and oxygen atoms in total. The number of rotatable bonds is 7. The third-order valence-corrected chi connectivity index (χ3v) is 3.48. The second-order valence-corrected chi connectivity index (χ2v) is 5.13. The van der Waals surface area contributed by atoms with Crippen LogP contribution in [0, 0.1) is 0 Å². The Morgan fingerprint density at radius 1 is 1.47 bits per heavy atom. The fraction of sp³-hybridized carbons (Fsp3) is 0.500. The predicted molar refractivity (Wildman–Crippen MR) is 64.9 cm³/mol. The maximum Gasteiger partial charge on any atom is 0.242 e. The van der Waals surface area contributed by atoms with Crippen molar-refractivity contribution in [1.29, 1.82) is 0 Å². The molecule has 1 heterocycles. The standard InChI is InChI=1S/C10H17N3O3S/c1-2-16-7-3-6-13-17(14,15)9-4-5-10(11)12-8-9/h4-5,8,13H,2-3,6-7H2,1H3,(H2,11,12). The van der Waals surface area contributed by atoms with E-state index >= 15 is 0 Å². The van der Waals surface area contributed by atoms with Gasteiger partial charge in [-0.15, -0.1) is 0 Å². The molecule has 0 amide bonds. The maximum absolute atomic E-state index is 11.7. The molecule has 0 radical (unpaired) electrons. The van der Waals surface area contributed by atoms with Gasteiger partial charge in [0.15, 0.2) is 0 Å². The Morgan fingerprint density at radius 3 is 2.82 bits per heavy atom. The highest BCUT2D eigenvalue weighted by molar-refractivity contribution is 7.89. The zero-order chi connectivity index (χ0) is 12.7. The number of ether oxygens (including phenoxy) is 1. The van der Waals surface area contributed by atoms with E-state index in [1.165, 1.54) is 18.3 Å². The monoisotopic (exact) mass is 259 g/mol. The van der Waals surface area contributed by atoms with E-state index < -0.39 is 10.0 Å². The van der Waals surface area contributed by atoms with Crippen LogP contribution in [0.3, 0.4) is 0 Å². The number of hydrogen-bond donors (Lipinski definition) is 2. The molecule has 0 spiro atoms.